The smallest absolute Gasteiger partial charge is 0.271 e. The summed E-state index contributed by atoms with van der Waals surface area (Å²) in [6.45, 7) is 0. The molecule has 116 valence electrons. The molecule has 23 heavy (non-hydrogen) atoms. The Morgan fingerprint density at radius 3 is 2.83 bits per heavy atom. The van der Waals surface area contributed by atoms with Crippen LogP contribution in [0.2, 0.25) is 0 Å². The number of rotatable bonds is 3. The topological polar surface area (TPSA) is 88.6 Å². The molecule has 0 radical (unpaired) electrons. The van der Waals surface area contributed by atoms with Gasteiger partial charge in [-0.3, -0.25) is 10.1 Å². The highest BCUT2D eigenvalue weighted by molar-refractivity contribution is 9.10. The summed E-state index contributed by atoms with van der Waals surface area (Å²) < 4.78 is 2.15. The second-order valence-electron chi connectivity index (χ2n) is 4.49. The zero-order valence-electron chi connectivity index (χ0n) is 11.2. The normalized spacial score (nSPS) is 11.4. The molecule has 0 amide bonds. The molecule has 0 unspecified atom stereocenters. The first kappa shape index (κ1) is 16.0. The van der Waals surface area contributed by atoms with Crippen molar-refractivity contribution in [1.82, 2.24) is 4.98 Å². The number of fused-ring (bicyclic) bond motifs is 1. The van der Waals surface area contributed by atoms with Crippen LogP contribution in [0.25, 0.3) is 10.2 Å². The van der Waals surface area contributed by atoms with Crippen molar-refractivity contribution in [2.75, 3.05) is 0 Å². The number of aromatic hydroxyl groups is 1. The first-order valence-corrected chi connectivity index (χ1v) is 8.61. The lowest BCUT2D eigenvalue weighted by molar-refractivity contribution is -0.385. The Bertz CT molecular complexity index is 956. The van der Waals surface area contributed by atoms with Gasteiger partial charge >= 0.3 is 0 Å². The Hall–Kier alpha value is -1.84. The zero-order valence-corrected chi connectivity index (χ0v) is 15.2. The molecule has 0 fully saturated rings. The minimum absolute atomic E-state index is 0.108. The first-order valence-electron chi connectivity index (χ1n) is 6.21. The summed E-state index contributed by atoms with van der Waals surface area (Å²) in [6.07, 6.45) is 1.36. The number of thiazole rings is 1. The predicted octanol–water partition coefficient (Wildman–Crippen LogP) is 5.19. The summed E-state index contributed by atoms with van der Waals surface area (Å²) in [5.74, 6) is -0.108. The van der Waals surface area contributed by atoms with Crippen molar-refractivity contribution in [2.45, 2.75) is 0 Å². The Kier molecular flexibility index (Phi) is 4.42. The van der Waals surface area contributed by atoms with Gasteiger partial charge in [0, 0.05) is 28.4 Å². The molecule has 1 N–H and O–H groups in total. The minimum atomic E-state index is -0.531. The van der Waals surface area contributed by atoms with Gasteiger partial charge in [0.1, 0.15) is 5.75 Å². The van der Waals surface area contributed by atoms with Gasteiger partial charge in [-0.05, 0) is 34.1 Å². The van der Waals surface area contributed by atoms with Crippen molar-refractivity contribution in [1.29, 1.82) is 0 Å². The van der Waals surface area contributed by atoms with E-state index in [1.165, 1.54) is 29.7 Å². The second kappa shape index (κ2) is 6.34. The maximum atomic E-state index is 10.9. The van der Waals surface area contributed by atoms with Crippen molar-refractivity contribution in [3.05, 3.63) is 55.0 Å². The van der Waals surface area contributed by atoms with Gasteiger partial charge in [-0.25, -0.2) is 9.98 Å². The zero-order chi connectivity index (χ0) is 16.6. The third-order valence-electron chi connectivity index (χ3n) is 2.94. The average molecular weight is 457 g/mol. The number of aliphatic imine (C=N–C) groups is 1. The quantitative estimate of drug-likeness (QED) is 0.333. The standard InChI is InChI=1S/C14H7Br2N3O3S/c15-8-1-2-11-12(4-8)23-14(18-11)17-6-7-3-9(19(21)22)5-10(16)13(7)20/h1-6,20H. The lowest BCUT2D eigenvalue weighted by atomic mass is 10.2. The molecule has 2 aromatic carbocycles. The third kappa shape index (κ3) is 3.41. The van der Waals surface area contributed by atoms with Gasteiger partial charge in [-0.15, -0.1) is 0 Å². The molecular formula is C14H7Br2N3O3S. The van der Waals surface area contributed by atoms with Crippen LogP contribution < -0.4 is 0 Å². The number of nitro benzene ring substituents is 1. The molecule has 6 nitrogen and oxygen atoms in total. The largest absolute Gasteiger partial charge is 0.506 e. The molecule has 0 saturated heterocycles. The van der Waals surface area contributed by atoms with Crippen LogP contribution in [0.5, 0.6) is 5.75 Å². The molecule has 0 aliphatic carbocycles. The summed E-state index contributed by atoms with van der Waals surface area (Å²) in [7, 11) is 0. The van der Waals surface area contributed by atoms with E-state index in [-0.39, 0.29) is 21.5 Å². The molecule has 3 aromatic rings. The van der Waals surface area contributed by atoms with Crippen LogP contribution in [0.4, 0.5) is 10.8 Å². The molecule has 9 heteroatoms. The van der Waals surface area contributed by atoms with E-state index < -0.39 is 4.92 Å². The molecule has 0 aliphatic rings. The van der Waals surface area contributed by atoms with Gasteiger partial charge in [0.05, 0.1) is 19.6 Å². The summed E-state index contributed by atoms with van der Waals surface area (Å²) in [6, 6.07) is 8.19. The van der Waals surface area contributed by atoms with Crippen molar-refractivity contribution in [3.8, 4) is 5.75 Å². The molecule has 1 aromatic heterocycles. The van der Waals surface area contributed by atoms with Gasteiger partial charge in [-0.2, -0.15) is 0 Å². The van der Waals surface area contributed by atoms with Crippen LogP contribution in [-0.4, -0.2) is 21.2 Å². The molecule has 3 rings (SSSR count). The molecular weight excluding hydrogens is 450 g/mol. The van der Waals surface area contributed by atoms with Crippen LogP contribution >= 0.6 is 43.2 Å². The maximum Gasteiger partial charge on any atom is 0.271 e. The van der Waals surface area contributed by atoms with Crippen molar-refractivity contribution in [3.63, 3.8) is 0 Å². The molecule has 0 aliphatic heterocycles. The Morgan fingerprint density at radius 2 is 2.09 bits per heavy atom. The molecule has 1 heterocycles. The summed E-state index contributed by atoms with van der Waals surface area (Å²) in [5.41, 5.74) is 0.922. The van der Waals surface area contributed by atoms with Gasteiger partial charge in [-0.1, -0.05) is 27.3 Å². The number of halogens is 2. The SMILES string of the molecule is O=[N+]([O-])c1cc(Br)c(O)c(C=Nc2nc3ccc(Br)cc3s2)c1. The van der Waals surface area contributed by atoms with Gasteiger partial charge < -0.3 is 5.11 Å². The molecule has 0 bridgehead atoms. The van der Waals surface area contributed by atoms with E-state index in [4.69, 9.17) is 0 Å². The Balaban J connectivity index is 1.99. The first-order chi connectivity index (χ1) is 10.9. The highest BCUT2D eigenvalue weighted by Gasteiger charge is 2.13. The third-order valence-corrected chi connectivity index (χ3v) is 4.97. The number of nitro groups is 1. The summed E-state index contributed by atoms with van der Waals surface area (Å²) in [4.78, 5) is 18.9. The highest BCUT2D eigenvalue weighted by Crippen LogP contribution is 2.33. The minimum Gasteiger partial charge on any atom is -0.506 e. The average Bonchev–Trinajstić information content (AvgIpc) is 2.90. The van der Waals surface area contributed by atoms with Crippen LogP contribution in [0.1, 0.15) is 5.56 Å². The van der Waals surface area contributed by atoms with Gasteiger partial charge in [0.25, 0.3) is 5.69 Å². The molecule has 0 saturated carbocycles. The number of phenols is 1. The Labute approximate surface area is 150 Å². The Morgan fingerprint density at radius 1 is 1.30 bits per heavy atom. The van der Waals surface area contributed by atoms with Crippen molar-refractivity contribution >= 4 is 70.4 Å². The fourth-order valence-corrected chi connectivity index (χ4v) is 3.70. The van der Waals surface area contributed by atoms with E-state index in [1.54, 1.807) is 0 Å². The second-order valence-corrected chi connectivity index (χ2v) is 7.27. The number of hydrogen-bond acceptors (Lipinski definition) is 6. The fourth-order valence-electron chi connectivity index (χ4n) is 1.88. The van der Waals surface area contributed by atoms with E-state index in [9.17, 15) is 15.2 Å². The van der Waals surface area contributed by atoms with Crippen LogP contribution in [0, 0.1) is 10.1 Å². The van der Waals surface area contributed by atoms with E-state index >= 15 is 0 Å². The number of hydrogen-bond donors (Lipinski definition) is 1. The van der Waals surface area contributed by atoms with E-state index in [0.717, 1.165) is 14.7 Å². The van der Waals surface area contributed by atoms with Crippen molar-refractivity contribution < 1.29 is 10.0 Å². The summed E-state index contributed by atoms with van der Waals surface area (Å²) in [5, 5.41) is 21.4. The van der Waals surface area contributed by atoms with Crippen molar-refractivity contribution in [2.24, 2.45) is 4.99 Å². The van der Waals surface area contributed by atoms with Gasteiger partial charge in [0.15, 0.2) is 0 Å². The lowest BCUT2D eigenvalue weighted by Gasteiger charge is -2.01. The lowest BCUT2D eigenvalue weighted by Crippen LogP contribution is -1.91. The maximum absolute atomic E-state index is 10.9. The van der Waals surface area contributed by atoms with E-state index in [0.29, 0.717) is 5.13 Å². The molecule has 0 spiro atoms. The van der Waals surface area contributed by atoms with Gasteiger partial charge in [0.2, 0.25) is 5.13 Å². The number of benzene rings is 2. The fraction of sp³-hybridized carbons (Fsp3) is 0. The monoisotopic (exact) mass is 455 g/mol. The summed E-state index contributed by atoms with van der Waals surface area (Å²) >= 11 is 7.87. The van der Waals surface area contributed by atoms with Crippen LogP contribution in [-0.2, 0) is 0 Å². The van der Waals surface area contributed by atoms with E-state index in [1.807, 2.05) is 18.2 Å². The predicted molar refractivity (Wildman–Crippen MR) is 97.0 cm³/mol. The highest BCUT2D eigenvalue weighted by atomic mass is 79.9. The number of nitrogens with zero attached hydrogens (tertiary/aromatic N) is 3. The van der Waals surface area contributed by atoms with E-state index in [2.05, 4.69) is 41.8 Å². The number of non-ortho nitro benzene ring substituents is 1. The van der Waals surface area contributed by atoms with Crippen LogP contribution in [0.15, 0.2) is 44.3 Å². The number of aromatic nitrogens is 1. The van der Waals surface area contributed by atoms with Crippen LogP contribution in [0.3, 0.4) is 0 Å². The molecule has 0 atom stereocenters. The number of phenolic OH excluding ortho intramolecular Hbond substituents is 1.